The molecule has 0 radical (unpaired) electrons. The van der Waals surface area contributed by atoms with Gasteiger partial charge in [0.2, 0.25) is 5.91 Å². The van der Waals surface area contributed by atoms with Gasteiger partial charge in [-0.15, -0.1) is 0 Å². The maximum absolute atomic E-state index is 13.1. The van der Waals surface area contributed by atoms with Crippen molar-refractivity contribution in [2.45, 2.75) is 195 Å². The minimum atomic E-state index is -2.40. The predicted molar refractivity (Wildman–Crippen MR) is 268 cm³/mol. The highest BCUT2D eigenvalue weighted by Crippen LogP contribution is 2.35. The second-order valence-electron chi connectivity index (χ2n) is 19.4. The van der Waals surface area contributed by atoms with E-state index in [9.17, 15) is 75.3 Å². The van der Waals surface area contributed by atoms with E-state index in [1.165, 1.54) is 13.0 Å². The average molecular weight is 1070 g/mol. The SMILES string of the molecule is C[C@@H]1[C@H](O)[C@@H](C)/C=C/C=C/C=C/C=C/C=C/C=C/C=C/[C@H](O[C@@H]2O[C@H](C)[C@@H](O)[C@H](N)[C@@H]2O)C[C@@H]2O[C@](O)(C[C@@H](O)C[C@@H](O)[C@H](O)CC[C@@H](O)C[C@@H](O)CC(=O)O[C@H]1C)C[C@H](O)[C@H]2NC(=O)NNC(=O)C[C@@H](O)C(=O)O. The Morgan fingerprint density at radius 1 is 0.707 bits per heavy atom. The topological polar surface area (TPSA) is 410 Å². The third kappa shape index (κ3) is 22.8. The molecule has 17 N–H and O–H groups in total. The normalized spacial score (nSPS) is 41.2. The molecule has 20 atom stereocenters. The standard InChI is InChI=1S/C51H80N4O20/c1-28-17-15-13-11-9-7-5-6-8-10-12-14-16-18-35(74-49-47(67)43(52)46(66)31(4)73-49)24-40-44(53-50(70)55-54-41(63)25-38(61)48(68)69)39(62)27-51(71,75-40)26-34(58)22-37(60)36(59)20-19-32(56)21-33(57)23-42(64)72-30(3)29(2)45(28)65/h5-18,28-40,43-47,49,56-62,65-67,71H,19-27,52H2,1-4H3,(H,54,63)(H,68,69)(H2,53,55,70)/b6-5+,9-7+,10-8+,13-11+,14-12+,17-15+,18-16+/t28-,29-,30-,31+,32+,33+,34-,35-,36+,37+,38+,39-,40-,43-,44+,45+,46+,47-,49-,51+/m0/s1. The number of carboxylic acid groups (broad SMARTS) is 1. The van der Waals surface area contributed by atoms with E-state index in [0.717, 1.165) is 0 Å². The molecule has 3 amide bonds. The largest absolute Gasteiger partial charge is 0.479 e. The van der Waals surface area contributed by atoms with Crippen LogP contribution in [0.4, 0.5) is 4.79 Å². The molecular formula is C51H80N4O20. The predicted octanol–water partition coefficient (Wildman–Crippen LogP) is -1.45. The lowest BCUT2D eigenvalue weighted by Gasteiger charge is -2.46. The fourth-order valence-electron chi connectivity index (χ4n) is 8.46. The van der Waals surface area contributed by atoms with Crippen molar-refractivity contribution in [2.24, 2.45) is 17.6 Å². The van der Waals surface area contributed by atoms with E-state index in [1.807, 2.05) is 17.8 Å². The minimum Gasteiger partial charge on any atom is -0.479 e. The lowest BCUT2D eigenvalue weighted by Crippen LogP contribution is -2.64. The molecule has 0 aromatic rings. The number of carbonyl (C=O) groups excluding carboxylic acids is 3. The highest BCUT2D eigenvalue weighted by atomic mass is 16.7. The van der Waals surface area contributed by atoms with Crippen LogP contribution in [-0.2, 0) is 33.3 Å². The number of hydrogen-bond donors (Lipinski definition) is 16. The van der Waals surface area contributed by atoms with Gasteiger partial charge in [0.15, 0.2) is 18.2 Å². The van der Waals surface area contributed by atoms with E-state index < -0.39 is 172 Å². The first-order chi connectivity index (χ1) is 35.3. The molecule has 3 aliphatic heterocycles. The number of esters is 1. The smallest absolute Gasteiger partial charge is 0.333 e. The van der Waals surface area contributed by atoms with Crippen LogP contribution < -0.4 is 21.9 Å². The van der Waals surface area contributed by atoms with Crippen LogP contribution in [0.2, 0.25) is 0 Å². The molecule has 0 aromatic carbocycles. The summed E-state index contributed by atoms with van der Waals surface area (Å²) in [4.78, 5) is 49.0. The number of rotatable bonds is 6. The van der Waals surface area contributed by atoms with Gasteiger partial charge in [-0.2, -0.15) is 0 Å². The van der Waals surface area contributed by atoms with Gasteiger partial charge in [-0.3, -0.25) is 15.0 Å². The lowest BCUT2D eigenvalue weighted by molar-refractivity contribution is -0.303. The number of hydrogen-bond acceptors (Lipinski definition) is 20. The molecule has 3 rings (SSSR count). The second-order valence-corrected chi connectivity index (χ2v) is 19.4. The highest BCUT2D eigenvalue weighted by molar-refractivity contribution is 5.85. The number of carbonyl (C=O) groups is 4. The summed E-state index contributed by atoms with van der Waals surface area (Å²) in [5, 5.41) is 131. The van der Waals surface area contributed by atoms with Gasteiger partial charge >= 0.3 is 18.0 Å². The third-order valence-corrected chi connectivity index (χ3v) is 13.0. The van der Waals surface area contributed by atoms with E-state index in [0.29, 0.717) is 0 Å². The fourth-order valence-corrected chi connectivity index (χ4v) is 8.46. The number of urea groups is 1. The van der Waals surface area contributed by atoms with E-state index >= 15 is 0 Å². The van der Waals surface area contributed by atoms with Gasteiger partial charge in [-0.1, -0.05) is 98.9 Å². The highest BCUT2D eigenvalue weighted by Gasteiger charge is 2.49. The lowest BCUT2D eigenvalue weighted by atomic mass is 9.87. The molecule has 2 bridgehead atoms. The number of aliphatic hydroxyl groups excluding tert-OH is 10. The molecule has 2 fully saturated rings. The maximum atomic E-state index is 13.1. The van der Waals surface area contributed by atoms with Crippen molar-refractivity contribution in [3.05, 3.63) is 85.1 Å². The molecule has 24 heteroatoms. The molecule has 24 nitrogen and oxygen atoms in total. The molecule has 2 saturated heterocycles. The summed E-state index contributed by atoms with van der Waals surface area (Å²) >= 11 is 0. The van der Waals surface area contributed by atoms with Crippen molar-refractivity contribution in [3.63, 3.8) is 0 Å². The Morgan fingerprint density at radius 3 is 1.89 bits per heavy atom. The third-order valence-electron chi connectivity index (χ3n) is 13.0. The molecule has 0 aliphatic carbocycles. The van der Waals surface area contributed by atoms with Crippen LogP contribution in [0.15, 0.2) is 85.1 Å². The van der Waals surface area contributed by atoms with Crippen molar-refractivity contribution >= 4 is 23.9 Å². The van der Waals surface area contributed by atoms with Crippen LogP contribution in [0.1, 0.15) is 85.5 Å². The number of cyclic esters (lactones) is 1. The molecular weight excluding hydrogens is 989 g/mol. The van der Waals surface area contributed by atoms with Gasteiger partial charge in [-0.05, 0) is 33.1 Å². The number of aliphatic carboxylic acids is 1. The number of nitrogens with one attached hydrogen (secondary N) is 3. The number of amides is 3. The Balaban J connectivity index is 1.95. The number of hydrazine groups is 1. The van der Waals surface area contributed by atoms with Crippen LogP contribution in [0.25, 0.3) is 0 Å². The summed E-state index contributed by atoms with van der Waals surface area (Å²) in [6.45, 7) is 6.67. The van der Waals surface area contributed by atoms with Gasteiger partial charge in [0.1, 0.15) is 12.2 Å². The van der Waals surface area contributed by atoms with Crippen LogP contribution in [0.3, 0.4) is 0 Å². The van der Waals surface area contributed by atoms with Crippen molar-refractivity contribution in [1.29, 1.82) is 0 Å². The zero-order chi connectivity index (χ0) is 56.0. The monoisotopic (exact) mass is 1070 g/mol. The number of nitrogens with two attached hydrogens (primary N) is 1. The fraction of sp³-hybridized carbons (Fsp3) is 0.647. The van der Waals surface area contributed by atoms with E-state index in [2.05, 4.69) is 5.32 Å². The minimum absolute atomic E-state index is 0.149. The van der Waals surface area contributed by atoms with Crippen molar-refractivity contribution in [1.82, 2.24) is 16.2 Å². The van der Waals surface area contributed by atoms with Crippen LogP contribution in [0, 0.1) is 11.8 Å². The number of aliphatic hydroxyl groups is 11. The van der Waals surface area contributed by atoms with Crippen LogP contribution in [0.5, 0.6) is 0 Å². The van der Waals surface area contributed by atoms with Crippen molar-refractivity contribution < 1.29 is 99.4 Å². The Hall–Kier alpha value is -4.74. The van der Waals surface area contributed by atoms with Gasteiger partial charge in [0, 0.05) is 37.5 Å². The molecule has 3 heterocycles. The Kier molecular flexibility index (Phi) is 27.6. The van der Waals surface area contributed by atoms with Gasteiger partial charge in [0.25, 0.3) is 0 Å². The van der Waals surface area contributed by atoms with Crippen molar-refractivity contribution in [2.75, 3.05) is 0 Å². The molecule has 75 heavy (non-hydrogen) atoms. The van der Waals surface area contributed by atoms with Crippen molar-refractivity contribution in [3.8, 4) is 0 Å². The quantitative estimate of drug-likeness (QED) is 0.107. The van der Waals surface area contributed by atoms with Crippen LogP contribution in [-0.4, -0.2) is 195 Å². The summed E-state index contributed by atoms with van der Waals surface area (Å²) in [6.07, 6.45) is -0.896. The summed E-state index contributed by atoms with van der Waals surface area (Å²) in [7, 11) is 0. The molecule has 0 unspecified atom stereocenters. The molecule has 3 aliphatic rings. The van der Waals surface area contributed by atoms with E-state index in [1.54, 1.807) is 92.8 Å². The summed E-state index contributed by atoms with van der Waals surface area (Å²) in [6, 6.07) is -3.82. The molecule has 424 valence electrons. The molecule has 0 aromatic heterocycles. The number of allylic oxidation sites excluding steroid dienone is 12. The van der Waals surface area contributed by atoms with E-state index in [4.69, 9.17) is 29.8 Å². The zero-order valence-electron chi connectivity index (χ0n) is 42.6. The summed E-state index contributed by atoms with van der Waals surface area (Å²) < 4.78 is 23.5. The number of carboxylic acids is 1. The van der Waals surface area contributed by atoms with Crippen LogP contribution >= 0.6 is 0 Å². The first-order valence-corrected chi connectivity index (χ1v) is 25.0. The second kappa shape index (κ2) is 32.1. The Bertz CT molecular complexity index is 2000. The summed E-state index contributed by atoms with van der Waals surface area (Å²) in [5.41, 5.74) is 9.97. The average Bonchev–Trinajstić information content (AvgIpc) is 3.33. The molecule has 0 saturated carbocycles. The first-order valence-electron chi connectivity index (χ1n) is 25.0. The van der Waals surface area contributed by atoms with E-state index in [-0.39, 0.29) is 31.6 Å². The summed E-state index contributed by atoms with van der Waals surface area (Å²) in [5.74, 6) is -6.74. The number of ether oxygens (including phenoxy) is 4. The molecule has 0 spiro atoms. The Morgan fingerprint density at radius 2 is 1.29 bits per heavy atom. The van der Waals surface area contributed by atoms with Gasteiger partial charge in [-0.25, -0.2) is 15.0 Å². The first kappa shape index (κ1) is 64.5. The zero-order valence-corrected chi connectivity index (χ0v) is 42.6. The maximum Gasteiger partial charge on any atom is 0.333 e. The number of fused-ring (bicyclic) bond motifs is 2. The van der Waals surface area contributed by atoms with Gasteiger partial charge < -0.3 is 91.3 Å². The van der Waals surface area contributed by atoms with Gasteiger partial charge in [0.05, 0.1) is 92.1 Å². The Labute approximate surface area is 436 Å².